The van der Waals surface area contributed by atoms with Crippen molar-refractivity contribution in [2.24, 2.45) is 0 Å². The van der Waals surface area contributed by atoms with Gasteiger partial charge in [0.15, 0.2) is 0 Å². The van der Waals surface area contributed by atoms with Crippen LogP contribution in [0.2, 0.25) is 0 Å². The Balaban J connectivity index is 2.04. The van der Waals surface area contributed by atoms with Gasteiger partial charge in [0.1, 0.15) is 0 Å². The normalized spacial score (nSPS) is 11.5. The molecule has 23 heavy (non-hydrogen) atoms. The number of benzene rings is 2. The lowest BCUT2D eigenvalue weighted by atomic mass is 10.2. The van der Waals surface area contributed by atoms with E-state index in [2.05, 4.69) is 30.8 Å². The van der Waals surface area contributed by atoms with Gasteiger partial charge >= 0.3 is 5.97 Å². The van der Waals surface area contributed by atoms with Gasteiger partial charge in [-0.25, -0.2) is 13.2 Å². The number of hydrogen-bond donors (Lipinski definition) is 3. The molecule has 0 aliphatic carbocycles. The van der Waals surface area contributed by atoms with Crippen molar-refractivity contribution < 1.29 is 18.3 Å². The molecule has 1 heterocycles. The number of carbonyl (C=O) groups is 1. The number of halogens is 1. The Morgan fingerprint density at radius 1 is 1.26 bits per heavy atom. The zero-order valence-corrected chi connectivity index (χ0v) is 13.8. The minimum atomic E-state index is -3.93. The zero-order chi connectivity index (χ0) is 16.6. The lowest BCUT2D eigenvalue weighted by Gasteiger charge is -2.10. The van der Waals surface area contributed by atoms with Gasteiger partial charge in [0, 0.05) is 9.86 Å². The Labute approximate surface area is 139 Å². The van der Waals surface area contributed by atoms with Crippen LogP contribution in [0.4, 0.5) is 5.69 Å². The van der Waals surface area contributed by atoms with Crippen LogP contribution in [0.15, 0.2) is 52.0 Å². The third kappa shape index (κ3) is 2.92. The number of sulfonamides is 1. The van der Waals surface area contributed by atoms with Crippen LogP contribution in [-0.4, -0.2) is 29.7 Å². The van der Waals surface area contributed by atoms with E-state index in [9.17, 15) is 13.2 Å². The molecule has 3 N–H and O–H groups in total. The van der Waals surface area contributed by atoms with E-state index in [1.165, 1.54) is 18.3 Å². The van der Waals surface area contributed by atoms with Crippen molar-refractivity contribution in [2.45, 2.75) is 4.90 Å². The van der Waals surface area contributed by atoms with E-state index in [4.69, 9.17) is 5.11 Å². The predicted octanol–water partition coefficient (Wildman–Crippen LogP) is 2.82. The number of nitrogens with one attached hydrogen (secondary N) is 2. The second-order valence-corrected chi connectivity index (χ2v) is 7.23. The second kappa shape index (κ2) is 5.67. The van der Waals surface area contributed by atoms with Crippen molar-refractivity contribution in [1.29, 1.82) is 0 Å². The number of aromatic carboxylic acids is 1. The van der Waals surface area contributed by atoms with Gasteiger partial charge in [-0.15, -0.1) is 0 Å². The Hall–Kier alpha value is -2.39. The number of hydrogen-bond acceptors (Lipinski definition) is 4. The number of aromatic nitrogens is 2. The highest BCUT2D eigenvalue weighted by Crippen LogP contribution is 2.26. The molecule has 9 heteroatoms. The first-order valence-corrected chi connectivity index (χ1v) is 8.64. The fraction of sp³-hybridized carbons (Fsp3) is 0. The number of anilines is 1. The van der Waals surface area contributed by atoms with Gasteiger partial charge in [0.25, 0.3) is 10.0 Å². The monoisotopic (exact) mass is 395 g/mol. The molecule has 0 unspecified atom stereocenters. The molecule has 118 valence electrons. The van der Waals surface area contributed by atoms with E-state index in [1.54, 1.807) is 18.2 Å². The van der Waals surface area contributed by atoms with Gasteiger partial charge in [-0.05, 0) is 46.3 Å². The smallest absolute Gasteiger partial charge is 0.336 e. The molecule has 3 rings (SSSR count). The number of rotatable bonds is 4. The summed E-state index contributed by atoms with van der Waals surface area (Å²) in [6, 6.07) is 8.87. The van der Waals surface area contributed by atoms with Crippen LogP contribution in [0.25, 0.3) is 10.9 Å². The number of fused-ring (bicyclic) bond motifs is 1. The third-order valence-corrected chi connectivity index (χ3v) is 5.26. The maximum atomic E-state index is 12.5. The highest BCUT2D eigenvalue weighted by molar-refractivity contribution is 9.10. The van der Waals surface area contributed by atoms with Crippen molar-refractivity contribution in [3.8, 4) is 0 Å². The quantitative estimate of drug-likeness (QED) is 0.628. The highest BCUT2D eigenvalue weighted by atomic mass is 79.9. The van der Waals surface area contributed by atoms with E-state index in [0.29, 0.717) is 21.1 Å². The van der Waals surface area contributed by atoms with Gasteiger partial charge < -0.3 is 5.11 Å². The summed E-state index contributed by atoms with van der Waals surface area (Å²) in [5, 5.41) is 16.3. The summed E-state index contributed by atoms with van der Waals surface area (Å²) in [7, 11) is -3.93. The topological polar surface area (TPSA) is 112 Å². The van der Waals surface area contributed by atoms with E-state index in [0.717, 1.165) is 6.07 Å². The first-order valence-electron chi connectivity index (χ1n) is 6.36. The largest absolute Gasteiger partial charge is 0.478 e. The molecule has 0 bridgehead atoms. The van der Waals surface area contributed by atoms with E-state index in [1.807, 2.05) is 0 Å². The van der Waals surface area contributed by atoms with Crippen molar-refractivity contribution >= 4 is 48.5 Å². The molecular formula is C14H10BrN3O4S. The standard InChI is InChI=1S/C14H10BrN3O4S/c15-11-5-4-8(6-9(11)14(19)20)23(21,22)18-13-3-1-2-12-10(13)7-16-17-12/h1-7,18H,(H,16,17)(H,19,20). The Morgan fingerprint density at radius 3 is 2.78 bits per heavy atom. The Bertz CT molecular complexity index is 1010. The minimum absolute atomic E-state index is 0.130. The average Bonchev–Trinajstić information content (AvgIpc) is 2.96. The van der Waals surface area contributed by atoms with E-state index < -0.39 is 16.0 Å². The molecule has 2 aromatic carbocycles. The first kappa shape index (κ1) is 15.5. The molecule has 0 aliphatic heterocycles. The van der Waals surface area contributed by atoms with Crippen LogP contribution in [0.5, 0.6) is 0 Å². The Kier molecular flexibility index (Phi) is 3.82. The predicted molar refractivity (Wildman–Crippen MR) is 88.0 cm³/mol. The van der Waals surface area contributed by atoms with Crippen molar-refractivity contribution in [3.63, 3.8) is 0 Å². The lowest BCUT2D eigenvalue weighted by molar-refractivity contribution is 0.0695. The zero-order valence-electron chi connectivity index (χ0n) is 11.4. The summed E-state index contributed by atoms with van der Waals surface area (Å²) in [6.07, 6.45) is 1.51. The van der Waals surface area contributed by atoms with E-state index >= 15 is 0 Å². The molecule has 1 aromatic heterocycles. The van der Waals surface area contributed by atoms with Gasteiger partial charge in [0.2, 0.25) is 0 Å². The Morgan fingerprint density at radius 2 is 2.04 bits per heavy atom. The number of aromatic amines is 1. The molecule has 0 fully saturated rings. The van der Waals surface area contributed by atoms with Crippen LogP contribution < -0.4 is 4.72 Å². The molecule has 0 aliphatic rings. The fourth-order valence-electron chi connectivity index (χ4n) is 2.10. The molecule has 0 amide bonds. The van der Waals surface area contributed by atoms with Crippen LogP contribution >= 0.6 is 15.9 Å². The van der Waals surface area contributed by atoms with Gasteiger partial charge in [-0.3, -0.25) is 9.82 Å². The number of nitrogens with zero attached hydrogens (tertiary/aromatic N) is 1. The van der Waals surface area contributed by atoms with Gasteiger partial charge in [-0.1, -0.05) is 6.07 Å². The van der Waals surface area contributed by atoms with Crippen molar-refractivity contribution in [1.82, 2.24) is 10.2 Å². The van der Waals surface area contributed by atoms with Gasteiger partial charge in [-0.2, -0.15) is 5.10 Å². The third-order valence-electron chi connectivity index (χ3n) is 3.21. The summed E-state index contributed by atoms with van der Waals surface area (Å²) >= 11 is 3.08. The van der Waals surface area contributed by atoms with Crippen LogP contribution in [0.3, 0.4) is 0 Å². The molecule has 0 saturated heterocycles. The fourth-order valence-corrected chi connectivity index (χ4v) is 3.62. The summed E-state index contributed by atoms with van der Waals surface area (Å²) in [4.78, 5) is 11.0. The lowest BCUT2D eigenvalue weighted by Crippen LogP contribution is -2.14. The SMILES string of the molecule is O=C(O)c1cc(S(=O)(=O)Nc2cccc3[nH]ncc23)ccc1Br. The molecule has 0 saturated carbocycles. The second-order valence-electron chi connectivity index (χ2n) is 4.69. The molecule has 3 aromatic rings. The van der Waals surface area contributed by atoms with Crippen LogP contribution in [0.1, 0.15) is 10.4 Å². The number of carboxylic acids is 1. The summed E-state index contributed by atoms with van der Waals surface area (Å²) < 4.78 is 27.8. The van der Waals surface area contributed by atoms with Crippen LogP contribution in [-0.2, 0) is 10.0 Å². The number of H-pyrrole nitrogens is 1. The summed E-state index contributed by atoms with van der Waals surface area (Å²) in [6.45, 7) is 0. The minimum Gasteiger partial charge on any atom is -0.478 e. The van der Waals surface area contributed by atoms with Crippen molar-refractivity contribution in [3.05, 3.63) is 52.6 Å². The molecule has 0 spiro atoms. The maximum Gasteiger partial charge on any atom is 0.336 e. The number of carboxylic acid groups (broad SMARTS) is 1. The average molecular weight is 396 g/mol. The highest BCUT2D eigenvalue weighted by Gasteiger charge is 2.19. The summed E-state index contributed by atoms with van der Waals surface area (Å²) in [5.41, 5.74) is 0.915. The molecule has 0 radical (unpaired) electrons. The van der Waals surface area contributed by atoms with Crippen molar-refractivity contribution in [2.75, 3.05) is 4.72 Å². The molecular weight excluding hydrogens is 386 g/mol. The van der Waals surface area contributed by atoms with Gasteiger partial charge in [0.05, 0.1) is 27.9 Å². The maximum absolute atomic E-state index is 12.5. The molecule has 7 nitrogen and oxygen atoms in total. The summed E-state index contributed by atoms with van der Waals surface area (Å²) in [5.74, 6) is -1.22. The van der Waals surface area contributed by atoms with E-state index in [-0.39, 0.29) is 10.5 Å². The van der Waals surface area contributed by atoms with Crippen LogP contribution in [0, 0.1) is 0 Å². The first-order chi connectivity index (χ1) is 10.9. The molecule has 0 atom stereocenters.